The third kappa shape index (κ3) is 9.20. The number of rotatable bonds is 13. The first kappa shape index (κ1) is 34.7. The van der Waals surface area contributed by atoms with Crippen LogP contribution in [0.4, 0.5) is 18.9 Å². The Morgan fingerprint density at radius 1 is 1.16 bits per heavy atom. The van der Waals surface area contributed by atoms with Gasteiger partial charge < -0.3 is 20.1 Å². The number of piperidine rings is 1. The maximum Gasteiger partial charge on any atom is 0.389 e. The van der Waals surface area contributed by atoms with E-state index in [1.165, 1.54) is 5.56 Å². The number of halogens is 3. The summed E-state index contributed by atoms with van der Waals surface area (Å²) in [7, 11) is 0. The van der Waals surface area contributed by atoms with Gasteiger partial charge in [0.2, 0.25) is 5.91 Å². The van der Waals surface area contributed by atoms with Gasteiger partial charge in [-0.1, -0.05) is 11.9 Å². The van der Waals surface area contributed by atoms with Crippen LogP contribution in [-0.2, 0) is 20.7 Å². The summed E-state index contributed by atoms with van der Waals surface area (Å²) in [6.07, 6.45) is 0.659. The number of amides is 2. The second-order valence-corrected chi connectivity index (χ2v) is 13.6. The molecule has 8 nitrogen and oxygen atoms in total. The van der Waals surface area contributed by atoms with E-state index in [0.717, 1.165) is 73.6 Å². The van der Waals surface area contributed by atoms with E-state index in [4.69, 9.17) is 14.8 Å². The molecule has 44 heavy (non-hydrogen) atoms. The Kier molecular flexibility index (Phi) is 12.2. The van der Waals surface area contributed by atoms with Crippen molar-refractivity contribution in [2.24, 2.45) is 16.8 Å². The second kappa shape index (κ2) is 15.4. The molecule has 4 rings (SSSR count). The summed E-state index contributed by atoms with van der Waals surface area (Å²) in [5.41, 5.74) is 3.68. The van der Waals surface area contributed by atoms with Gasteiger partial charge in [0.25, 0.3) is 5.91 Å². The van der Waals surface area contributed by atoms with Crippen molar-refractivity contribution < 1.29 is 32.6 Å². The average Bonchev–Trinajstić information content (AvgIpc) is 3.29. The van der Waals surface area contributed by atoms with Crippen molar-refractivity contribution in [1.82, 2.24) is 9.62 Å². The first-order valence-corrected chi connectivity index (χ1v) is 16.8. The molecule has 1 saturated heterocycles. The van der Waals surface area contributed by atoms with Gasteiger partial charge in [-0.15, -0.1) is 0 Å². The van der Waals surface area contributed by atoms with Crippen molar-refractivity contribution in [2.75, 3.05) is 50.1 Å². The van der Waals surface area contributed by atoms with Gasteiger partial charge in [0, 0.05) is 50.3 Å². The number of nitrogens with one attached hydrogen (secondary N) is 1. The zero-order valence-electron chi connectivity index (χ0n) is 26.2. The SMILES string of the molecule is CC(=O)N(CCOCCO)c1cc(C)c(CCSN2CCC3(CC2)N=C(C2CCC(CCC(F)(F)F)CC2)NC3=O)c(C)c1. The van der Waals surface area contributed by atoms with Crippen LogP contribution in [0.1, 0.15) is 75.0 Å². The molecule has 0 bridgehead atoms. The molecule has 2 amide bonds. The van der Waals surface area contributed by atoms with E-state index in [1.54, 1.807) is 23.8 Å². The lowest BCUT2D eigenvalue weighted by Gasteiger charge is -2.34. The lowest BCUT2D eigenvalue weighted by atomic mass is 9.79. The molecule has 1 spiro atoms. The van der Waals surface area contributed by atoms with Crippen LogP contribution in [0.15, 0.2) is 17.1 Å². The number of aliphatic hydroxyl groups is 1. The van der Waals surface area contributed by atoms with Crippen molar-refractivity contribution in [3.05, 3.63) is 28.8 Å². The van der Waals surface area contributed by atoms with Crippen LogP contribution in [-0.4, -0.2) is 84.0 Å². The predicted molar refractivity (Wildman–Crippen MR) is 168 cm³/mol. The van der Waals surface area contributed by atoms with Crippen LogP contribution in [0.25, 0.3) is 0 Å². The van der Waals surface area contributed by atoms with Gasteiger partial charge in [-0.3, -0.25) is 18.9 Å². The maximum atomic E-state index is 13.0. The number of carbonyl (C=O) groups is 2. The minimum Gasteiger partial charge on any atom is -0.394 e. The van der Waals surface area contributed by atoms with Crippen LogP contribution in [0, 0.1) is 25.7 Å². The fraction of sp³-hybridized carbons (Fsp3) is 0.719. The Morgan fingerprint density at radius 3 is 2.41 bits per heavy atom. The number of aryl methyl sites for hydroxylation is 2. The number of benzene rings is 1. The molecule has 2 heterocycles. The highest BCUT2D eigenvalue weighted by Gasteiger charge is 2.47. The van der Waals surface area contributed by atoms with E-state index in [2.05, 4.69) is 23.5 Å². The highest BCUT2D eigenvalue weighted by molar-refractivity contribution is 7.97. The van der Waals surface area contributed by atoms with Gasteiger partial charge in [-0.25, -0.2) is 0 Å². The van der Waals surface area contributed by atoms with Crippen LogP contribution in [0.5, 0.6) is 0 Å². The number of alkyl halides is 3. The van der Waals surface area contributed by atoms with Crippen molar-refractivity contribution in [1.29, 1.82) is 0 Å². The first-order valence-electron chi connectivity index (χ1n) is 15.8. The number of aliphatic hydroxyl groups excluding tert-OH is 1. The van der Waals surface area contributed by atoms with Gasteiger partial charge >= 0.3 is 6.18 Å². The Bertz CT molecular complexity index is 1160. The normalized spacial score (nSPS) is 22.2. The number of aliphatic imine (C=N–C) groups is 1. The molecule has 1 aromatic rings. The molecule has 2 aliphatic heterocycles. The topological polar surface area (TPSA) is 94.5 Å². The largest absolute Gasteiger partial charge is 0.394 e. The number of hydrogen-bond acceptors (Lipinski definition) is 7. The van der Waals surface area contributed by atoms with Crippen molar-refractivity contribution >= 4 is 35.3 Å². The summed E-state index contributed by atoms with van der Waals surface area (Å²) >= 11 is 1.79. The van der Waals surface area contributed by atoms with Crippen LogP contribution in [0.3, 0.4) is 0 Å². The van der Waals surface area contributed by atoms with E-state index in [1.807, 2.05) is 12.1 Å². The maximum absolute atomic E-state index is 13.0. The highest BCUT2D eigenvalue weighted by atomic mass is 32.2. The van der Waals surface area contributed by atoms with E-state index in [0.29, 0.717) is 26.0 Å². The first-order chi connectivity index (χ1) is 20.9. The smallest absolute Gasteiger partial charge is 0.389 e. The molecule has 2 fully saturated rings. The Balaban J connectivity index is 1.24. The molecule has 12 heteroatoms. The van der Waals surface area contributed by atoms with Crippen molar-refractivity contribution in [2.45, 2.75) is 90.3 Å². The summed E-state index contributed by atoms with van der Waals surface area (Å²) < 4.78 is 45.5. The molecule has 2 N–H and O–H groups in total. The third-order valence-corrected chi connectivity index (χ3v) is 10.4. The molecule has 1 saturated carbocycles. The van der Waals surface area contributed by atoms with E-state index in [9.17, 15) is 22.8 Å². The number of nitrogens with zero attached hydrogens (tertiary/aromatic N) is 3. The average molecular weight is 641 g/mol. The number of amidine groups is 1. The van der Waals surface area contributed by atoms with Crippen LogP contribution in [0.2, 0.25) is 0 Å². The third-order valence-electron chi connectivity index (χ3n) is 9.31. The standard InChI is InChI=1S/C32H47F3N4O4S/c1-22-20-27(39(24(3)41)15-17-43-18-16-40)21-23(2)28(22)9-19-44-38-13-11-31(12-14-38)30(42)36-29(37-31)26-6-4-25(5-7-26)8-10-32(33,34)35/h20-21,25-26,40H,4-19H2,1-3H3,(H,36,37,42). The zero-order chi connectivity index (χ0) is 31.9. The van der Waals surface area contributed by atoms with Gasteiger partial charge in [0.1, 0.15) is 11.4 Å². The highest BCUT2D eigenvalue weighted by Crippen LogP contribution is 2.38. The molecule has 246 valence electrons. The van der Waals surface area contributed by atoms with Gasteiger partial charge in [0.15, 0.2) is 0 Å². The molecular weight excluding hydrogens is 593 g/mol. The fourth-order valence-electron chi connectivity index (χ4n) is 6.74. The summed E-state index contributed by atoms with van der Waals surface area (Å²) in [4.78, 5) is 32.0. The number of hydrogen-bond donors (Lipinski definition) is 2. The van der Waals surface area contributed by atoms with Gasteiger partial charge in [0.05, 0.1) is 19.8 Å². The second-order valence-electron chi connectivity index (χ2n) is 12.4. The zero-order valence-corrected chi connectivity index (χ0v) is 27.0. The molecular formula is C32H47F3N4O4S. The minimum atomic E-state index is -4.10. The van der Waals surface area contributed by atoms with Crippen LogP contribution < -0.4 is 10.2 Å². The van der Waals surface area contributed by atoms with E-state index >= 15 is 0 Å². The Labute approximate surface area is 263 Å². The van der Waals surface area contributed by atoms with Crippen molar-refractivity contribution in [3.63, 3.8) is 0 Å². The molecule has 3 aliphatic rings. The lowest BCUT2D eigenvalue weighted by Crippen LogP contribution is -2.47. The lowest BCUT2D eigenvalue weighted by molar-refractivity contribution is -0.138. The van der Waals surface area contributed by atoms with E-state index in [-0.39, 0.29) is 43.3 Å². The summed E-state index contributed by atoms with van der Waals surface area (Å²) in [5, 5.41) is 12.0. The van der Waals surface area contributed by atoms with Crippen LogP contribution >= 0.6 is 11.9 Å². The quantitative estimate of drug-likeness (QED) is 0.223. The fourth-order valence-corrected chi connectivity index (χ4v) is 7.73. The minimum absolute atomic E-state index is 0.0257. The Morgan fingerprint density at radius 2 is 1.82 bits per heavy atom. The molecule has 0 radical (unpaired) electrons. The molecule has 1 aromatic carbocycles. The monoisotopic (exact) mass is 640 g/mol. The number of carbonyl (C=O) groups excluding carboxylic acids is 2. The Hall–Kier alpha value is -2.15. The molecule has 0 atom stereocenters. The number of ether oxygens (including phenoxy) is 1. The molecule has 1 aliphatic carbocycles. The van der Waals surface area contributed by atoms with Crippen molar-refractivity contribution in [3.8, 4) is 0 Å². The number of anilines is 1. The van der Waals surface area contributed by atoms with E-state index < -0.39 is 18.1 Å². The molecule has 0 aromatic heterocycles. The van der Waals surface area contributed by atoms with Gasteiger partial charge in [-0.05, 0) is 100.0 Å². The molecule has 0 unspecified atom stereocenters. The van der Waals surface area contributed by atoms with Gasteiger partial charge in [-0.2, -0.15) is 13.2 Å². The summed E-state index contributed by atoms with van der Waals surface area (Å²) in [6.45, 7) is 8.21. The summed E-state index contributed by atoms with van der Waals surface area (Å²) in [5.74, 6) is 1.80. The summed E-state index contributed by atoms with van der Waals surface area (Å²) in [6, 6.07) is 4.10. The predicted octanol–water partition coefficient (Wildman–Crippen LogP) is 5.37.